The van der Waals surface area contributed by atoms with Gasteiger partial charge in [0, 0.05) is 24.7 Å². The minimum absolute atomic E-state index is 0.0175. The molecular weight excluding hydrogens is 328 g/mol. The van der Waals surface area contributed by atoms with Crippen LogP contribution in [0, 0.1) is 0 Å². The first-order valence-corrected chi connectivity index (χ1v) is 8.48. The molecule has 1 aromatic carbocycles. The maximum atomic E-state index is 12.7. The Morgan fingerprint density at radius 1 is 1.42 bits per heavy atom. The van der Waals surface area contributed by atoms with Crippen molar-refractivity contribution in [3.8, 4) is 0 Å². The van der Waals surface area contributed by atoms with Crippen LogP contribution in [0.5, 0.6) is 0 Å². The number of allylic oxidation sites excluding steroid dienone is 1. The van der Waals surface area contributed by atoms with Gasteiger partial charge >= 0.3 is 5.69 Å². The number of hydrogen-bond acceptors (Lipinski definition) is 3. The first-order chi connectivity index (χ1) is 12.5. The standard InChI is InChI=1S/C19H20N6O/c1-11(9-23-18(20)21-2)12-4-7-15-14(8-12)17-16(10-22-15)24(3)19(26)25(17)13-5-6-13/h4,7-10,13H,2,5-6H2,1,3H3,(H2,20,23)/b11-9+. The summed E-state index contributed by atoms with van der Waals surface area (Å²) in [5, 5.41) is 0.969. The predicted octanol–water partition coefficient (Wildman–Crippen LogP) is 2.60. The fourth-order valence-corrected chi connectivity index (χ4v) is 3.22. The van der Waals surface area contributed by atoms with Crippen molar-refractivity contribution in [1.29, 1.82) is 0 Å². The van der Waals surface area contributed by atoms with Gasteiger partial charge in [0.1, 0.15) is 0 Å². The van der Waals surface area contributed by atoms with Crippen molar-refractivity contribution in [2.45, 2.75) is 25.8 Å². The van der Waals surface area contributed by atoms with E-state index in [1.165, 1.54) is 0 Å². The Balaban J connectivity index is 1.97. The number of aromatic nitrogens is 3. The van der Waals surface area contributed by atoms with Crippen LogP contribution < -0.4 is 11.4 Å². The van der Waals surface area contributed by atoms with E-state index < -0.39 is 0 Å². The number of nitrogens with zero attached hydrogens (tertiary/aromatic N) is 5. The van der Waals surface area contributed by atoms with E-state index in [2.05, 4.69) is 27.8 Å². The number of rotatable bonds is 3. The highest BCUT2D eigenvalue weighted by atomic mass is 16.1. The van der Waals surface area contributed by atoms with Gasteiger partial charge in [-0.25, -0.2) is 14.8 Å². The second-order valence-corrected chi connectivity index (χ2v) is 6.62. The molecule has 0 radical (unpaired) electrons. The number of imidazole rings is 1. The van der Waals surface area contributed by atoms with Crippen molar-refractivity contribution in [3.63, 3.8) is 0 Å². The third-order valence-electron chi connectivity index (χ3n) is 4.84. The van der Waals surface area contributed by atoms with Crippen molar-refractivity contribution in [3.05, 3.63) is 46.6 Å². The van der Waals surface area contributed by atoms with Crippen molar-refractivity contribution >= 4 is 40.2 Å². The molecule has 1 saturated carbocycles. The normalized spacial score (nSPS) is 15.8. The maximum Gasteiger partial charge on any atom is 0.329 e. The zero-order chi connectivity index (χ0) is 18.4. The second kappa shape index (κ2) is 5.94. The molecular formula is C19H20N6O. The number of fused-ring (bicyclic) bond motifs is 3. The molecule has 2 N–H and O–H groups in total. The summed E-state index contributed by atoms with van der Waals surface area (Å²) in [6.07, 6.45) is 5.53. The molecule has 0 spiro atoms. The van der Waals surface area contributed by atoms with E-state index in [4.69, 9.17) is 5.73 Å². The lowest BCUT2D eigenvalue weighted by Crippen LogP contribution is -2.21. The van der Waals surface area contributed by atoms with Crippen LogP contribution in [0.2, 0.25) is 0 Å². The molecule has 1 aliphatic rings. The monoisotopic (exact) mass is 348 g/mol. The number of pyridine rings is 1. The molecule has 0 unspecified atom stereocenters. The SMILES string of the molecule is C=NC(N)=N/C=C(\C)c1ccc2ncc3c(c2c1)n(C1CC1)c(=O)n3C. The number of hydrogen-bond donors (Lipinski definition) is 1. The third kappa shape index (κ3) is 2.52. The van der Waals surface area contributed by atoms with E-state index in [9.17, 15) is 4.79 Å². The van der Waals surface area contributed by atoms with Crippen molar-refractivity contribution < 1.29 is 0 Å². The maximum absolute atomic E-state index is 12.7. The van der Waals surface area contributed by atoms with Gasteiger partial charge in [-0.05, 0) is 49.8 Å². The summed E-state index contributed by atoms with van der Waals surface area (Å²) in [4.78, 5) is 24.9. The summed E-state index contributed by atoms with van der Waals surface area (Å²) in [5.41, 5.74) is 10.2. The average molecular weight is 348 g/mol. The molecule has 2 heterocycles. The lowest BCUT2D eigenvalue weighted by Gasteiger charge is -2.07. The van der Waals surface area contributed by atoms with Crippen molar-refractivity contribution in [1.82, 2.24) is 14.1 Å². The molecule has 26 heavy (non-hydrogen) atoms. The lowest BCUT2D eigenvalue weighted by molar-refractivity contribution is 0.697. The minimum atomic E-state index is 0.0175. The third-order valence-corrected chi connectivity index (χ3v) is 4.84. The van der Waals surface area contributed by atoms with Gasteiger partial charge in [-0.3, -0.25) is 14.1 Å². The van der Waals surface area contributed by atoms with Crippen LogP contribution in [0.4, 0.5) is 0 Å². The zero-order valence-electron chi connectivity index (χ0n) is 14.8. The molecule has 0 bridgehead atoms. The molecule has 0 saturated heterocycles. The molecule has 3 aromatic rings. The summed E-state index contributed by atoms with van der Waals surface area (Å²) in [6, 6.07) is 6.31. The minimum Gasteiger partial charge on any atom is -0.368 e. The number of benzene rings is 1. The Morgan fingerprint density at radius 3 is 2.88 bits per heavy atom. The summed E-state index contributed by atoms with van der Waals surface area (Å²) >= 11 is 0. The highest BCUT2D eigenvalue weighted by Gasteiger charge is 2.29. The van der Waals surface area contributed by atoms with E-state index in [0.717, 1.165) is 45.9 Å². The van der Waals surface area contributed by atoms with Crippen LogP contribution in [0.3, 0.4) is 0 Å². The number of guanidine groups is 1. The zero-order valence-corrected chi connectivity index (χ0v) is 14.8. The predicted molar refractivity (Wildman–Crippen MR) is 106 cm³/mol. The molecule has 1 fully saturated rings. The Hall–Kier alpha value is -3.22. The first kappa shape index (κ1) is 16.3. The van der Waals surface area contributed by atoms with Crippen molar-refractivity contribution in [2.75, 3.05) is 0 Å². The Bertz CT molecular complexity index is 1160. The quantitative estimate of drug-likeness (QED) is 0.582. The highest BCUT2D eigenvalue weighted by Crippen LogP contribution is 2.38. The topological polar surface area (TPSA) is 90.6 Å². The van der Waals surface area contributed by atoms with E-state index in [0.29, 0.717) is 6.04 Å². The highest BCUT2D eigenvalue weighted by molar-refractivity contribution is 6.03. The molecule has 7 nitrogen and oxygen atoms in total. The summed E-state index contributed by atoms with van der Waals surface area (Å²) < 4.78 is 3.59. The van der Waals surface area contributed by atoms with E-state index >= 15 is 0 Å². The molecule has 4 rings (SSSR count). The summed E-state index contributed by atoms with van der Waals surface area (Å²) in [5.74, 6) is 0.125. The molecule has 0 atom stereocenters. The number of aryl methyl sites for hydroxylation is 1. The van der Waals surface area contributed by atoms with Gasteiger partial charge in [0.25, 0.3) is 0 Å². The Labute approximate surface area is 150 Å². The van der Waals surface area contributed by atoms with E-state index in [-0.39, 0.29) is 11.6 Å². The molecule has 7 heteroatoms. The molecule has 0 aliphatic heterocycles. The smallest absolute Gasteiger partial charge is 0.329 e. The van der Waals surface area contributed by atoms with E-state index in [1.807, 2.05) is 23.6 Å². The average Bonchev–Trinajstić information content (AvgIpc) is 3.46. The summed E-state index contributed by atoms with van der Waals surface area (Å²) in [6.45, 7) is 5.30. The Kier molecular flexibility index (Phi) is 3.72. The van der Waals surface area contributed by atoms with Gasteiger partial charge in [0.15, 0.2) is 0 Å². The van der Waals surface area contributed by atoms with Crippen LogP contribution in [0.15, 0.2) is 45.4 Å². The second-order valence-electron chi connectivity index (χ2n) is 6.62. The largest absolute Gasteiger partial charge is 0.368 e. The van der Waals surface area contributed by atoms with E-state index in [1.54, 1.807) is 24.0 Å². The van der Waals surface area contributed by atoms with Crippen LogP contribution >= 0.6 is 0 Å². The van der Waals surface area contributed by atoms with Gasteiger partial charge in [0.05, 0.1) is 22.7 Å². The number of nitrogens with two attached hydrogens (primary N) is 1. The Morgan fingerprint density at radius 2 is 2.19 bits per heavy atom. The van der Waals surface area contributed by atoms with Gasteiger partial charge < -0.3 is 5.73 Å². The first-order valence-electron chi connectivity index (χ1n) is 8.48. The van der Waals surface area contributed by atoms with Crippen LogP contribution in [-0.4, -0.2) is 26.8 Å². The van der Waals surface area contributed by atoms with Gasteiger partial charge in [-0.15, -0.1) is 0 Å². The lowest BCUT2D eigenvalue weighted by atomic mass is 10.0. The molecule has 2 aromatic heterocycles. The van der Waals surface area contributed by atoms with Gasteiger partial charge in [-0.2, -0.15) is 0 Å². The van der Waals surface area contributed by atoms with Crippen molar-refractivity contribution in [2.24, 2.45) is 22.8 Å². The van der Waals surface area contributed by atoms with Crippen LogP contribution in [0.25, 0.3) is 27.5 Å². The van der Waals surface area contributed by atoms with Crippen LogP contribution in [-0.2, 0) is 7.05 Å². The number of aliphatic imine (C=N–C) groups is 2. The van der Waals surface area contributed by atoms with Crippen LogP contribution in [0.1, 0.15) is 31.4 Å². The molecule has 1 aliphatic carbocycles. The summed E-state index contributed by atoms with van der Waals surface area (Å²) in [7, 11) is 1.80. The fourth-order valence-electron chi connectivity index (χ4n) is 3.22. The molecule has 132 valence electrons. The van der Waals surface area contributed by atoms with Gasteiger partial charge in [0.2, 0.25) is 5.96 Å². The fraction of sp³-hybridized carbons (Fsp3) is 0.263. The molecule has 0 amide bonds. The van der Waals surface area contributed by atoms with Gasteiger partial charge in [-0.1, -0.05) is 6.07 Å².